The van der Waals surface area contributed by atoms with Crippen LogP contribution in [0.1, 0.15) is 30.0 Å². The van der Waals surface area contributed by atoms with Crippen LogP contribution in [0.3, 0.4) is 0 Å². The molecule has 1 aromatic rings. The van der Waals surface area contributed by atoms with E-state index >= 15 is 0 Å². The van der Waals surface area contributed by atoms with Crippen molar-refractivity contribution >= 4 is 0 Å². The second-order valence-corrected chi connectivity index (χ2v) is 4.22. The van der Waals surface area contributed by atoms with Crippen molar-refractivity contribution in [1.29, 1.82) is 0 Å². The predicted octanol–water partition coefficient (Wildman–Crippen LogP) is 2.69. The van der Waals surface area contributed by atoms with E-state index in [4.69, 9.17) is 9.47 Å². The maximum atomic E-state index is 5.44. The van der Waals surface area contributed by atoms with Gasteiger partial charge in [-0.2, -0.15) is 0 Å². The maximum Gasteiger partial charge on any atom is 0.123 e. The predicted molar refractivity (Wildman–Crippen MR) is 70.6 cm³/mol. The Kier molecular flexibility index (Phi) is 6.01. The van der Waals surface area contributed by atoms with E-state index in [-0.39, 0.29) is 0 Å². The van der Waals surface area contributed by atoms with Gasteiger partial charge in [0.05, 0.1) is 7.11 Å². The fourth-order valence-corrected chi connectivity index (χ4v) is 1.99. The minimum Gasteiger partial charge on any atom is -0.496 e. The van der Waals surface area contributed by atoms with Crippen molar-refractivity contribution in [2.24, 2.45) is 0 Å². The van der Waals surface area contributed by atoms with E-state index in [2.05, 4.69) is 30.4 Å². The van der Waals surface area contributed by atoms with Crippen LogP contribution >= 0.6 is 0 Å². The highest BCUT2D eigenvalue weighted by Gasteiger charge is 2.13. The van der Waals surface area contributed by atoms with Gasteiger partial charge in [0.15, 0.2) is 0 Å². The first-order chi connectivity index (χ1) is 8.22. The average molecular weight is 237 g/mol. The Labute approximate surface area is 104 Å². The Morgan fingerprint density at radius 3 is 2.65 bits per heavy atom. The lowest BCUT2D eigenvalue weighted by atomic mass is 10.00. The summed E-state index contributed by atoms with van der Waals surface area (Å²) in [4.78, 5) is 0. The fourth-order valence-electron chi connectivity index (χ4n) is 1.99. The lowest BCUT2D eigenvalue weighted by Crippen LogP contribution is -2.17. The number of methoxy groups -OCH3 is 2. The van der Waals surface area contributed by atoms with E-state index in [9.17, 15) is 0 Å². The van der Waals surface area contributed by atoms with Crippen molar-refractivity contribution in [1.82, 2.24) is 5.32 Å². The molecule has 17 heavy (non-hydrogen) atoms. The van der Waals surface area contributed by atoms with Gasteiger partial charge in [0, 0.05) is 25.3 Å². The normalized spacial score (nSPS) is 12.5. The van der Waals surface area contributed by atoms with Crippen molar-refractivity contribution in [2.45, 2.75) is 25.8 Å². The zero-order valence-corrected chi connectivity index (χ0v) is 11.2. The molecule has 0 heterocycles. The molecule has 0 fully saturated rings. The first kappa shape index (κ1) is 14.0. The highest BCUT2D eigenvalue weighted by Crippen LogP contribution is 2.28. The van der Waals surface area contributed by atoms with Gasteiger partial charge in [0.2, 0.25) is 0 Å². The van der Waals surface area contributed by atoms with Crippen LogP contribution in [-0.4, -0.2) is 27.9 Å². The second kappa shape index (κ2) is 7.30. The quantitative estimate of drug-likeness (QED) is 0.740. The molecule has 1 unspecified atom stereocenters. The molecule has 1 N–H and O–H groups in total. The molecule has 0 saturated carbocycles. The SMILES string of the molecule is CNC(CCCOC)c1ccc(C)cc1OC. The molecule has 0 saturated heterocycles. The van der Waals surface area contributed by atoms with Gasteiger partial charge in [-0.25, -0.2) is 0 Å². The summed E-state index contributed by atoms with van der Waals surface area (Å²) in [6.07, 6.45) is 2.09. The molecule has 1 atom stereocenters. The summed E-state index contributed by atoms with van der Waals surface area (Å²) in [5.74, 6) is 0.960. The van der Waals surface area contributed by atoms with Gasteiger partial charge in [0.25, 0.3) is 0 Å². The molecular formula is C14H23NO2. The van der Waals surface area contributed by atoms with E-state index in [0.717, 1.165) is 25.2 Å². The van der Waals surface area contributed by atoms with Gasteiger partial charge in [-0.15, -0.1) is 0 Å². The first-order valence-electron chi connectivity index (χ1n) is 6.03. The lowest BCUT2D eigenvalue weighted by molar-refractivity contribution is 0.189. The topological polar surface area (TPSA) is 30.5 Å². The van der Waals surface area contributed by atoms with Crippen molar-refractivity contribution in [2.75, 3.05) is 27.9 Å². The number of aryl methyl sites for hydroxylation is 1. The summed E-state index contributed by atoms with van der Waals surface area (Å²) >= 11 is 0. The minimum atomic E-state index is 0.320. The summed E-state index contributed by atoms with van der Waals surface area (Å²) in [5, 5.41) is 3.34. The van der Waals surface area contributed by atoms with Crippen LogP contribution in [0.5, 0.6) is 5.75 Å². The van der Waals surface area contributed by atoms with Gasteiger partial charge in [0.1, 0.15) is 5.75 Å². The molecule has 0 aliphatic rings. The van der Waals surface area contributed by atoms with Crippen molar-refractivity contribution < 1.29 is 9.47 Å². The van der Waals surface area contributed by atoms with Gasteiger partial charge >= 0.3 is 0 Å². The number of hydrogen-bond acceptors (Lipinski definition) is 3. The molecule has 96 valence electrons. The molecule has 0 aliphatic heterocycles. The standard InChI is InChI=1S/C14H23NO2/c1-11-7-8-12(14(10-11)17-4)13(15-2)6-5-9-16-3/h7-8,10,13,15H,5-6,9H2,1-4H3. The van der Waals surface area contributed by atoms with Crippen molar-refractivity contribution in [3.05, 3.63) is 29.3 Å². The second-order valence-electron chi connectivity index (χ2n) is 4.22. The Balaban J connectivity index is 2.79. The highest BCUT2D eigenvalue weighted by molar-refractivity contribution is 5.39. The summed E-state index contributed by atoms with van der Waals surface area (Å²) in [6, 6.07) is 6.66. The van der Waals surface area contributed by atoms with Crippen LogP contribution < -0.4 is 10.1 Å². The van der Waals surface area contributed by atoms with Crippen LogP contribution in [0.15, 0.2) is 18.2 Å². The van der Waals surface area contributed by atoms with Gasteiger partial charge < -0.3 is 14.8 Å². The van der Waals surface area contributed by atoms with Crippen LogP contribution in [0.4, 0.5) is 0 Å². The van der Waals surface area contributed by atoms with Crippen LogP contribution in [0, 0.1) is 6.92 Å². The molecule has 0 spiro atoms. The molecule has 0 aromatic heterocycles. The average Bonchev–Trinajstić information content (AvgIpc) is 2.35. The third-order valence-corrected chi connectivity index (χ3v) is 2.95. The molecule has 0 radical (unpaired) electrons. The number of hydrogen-bond donors (Lipinski definition) is 1. The number of nitrogens with one attached hydrogen (secondary N) is 1. The summed E-state index contributed by atoms with van der Waals surface area (Å²) < 4.78 is 10.5. The third-order valence-electron chi connectivity index (χ3n) is 2.95. The third kappa shape index (κ3) is 4.02. The lowest BCUT2D eigenvalue weighted by Gasteiger charge is -2.19. The number of benzene rings is 1. The smallest absolute Gasteiger partial charge is 0.123 e. The van der Waals surface area contributed by atoms with Gasteiger partial charge in [-0.3, -0.25) is 0 Å². The Hall–Kier alpha value is -1.06. The maximum absolute atomic E-state index is 5.44. The number of ether oxygens (including phenoxy) is 2. The minimum absolute atomic E-state index is 0.320. The van der Waals surface area contributed by atoms with Gasteiger partial charge in [-0.05, 0) is 38.4 Å². The molecular weight excluding hydrogens is 214 g/mol. The molecule has 0 bridgehead atoms. The summed E-state index contributed by atoms with van der Waals surface area (Å²) in [7, 11) is 5.44. The van der Waals surface area contributed by atoms with Crippen LogP contribution in [-0.2, 0) is 4.74 Å². The molecule has 0 aliphatic carbocycles. The van der Waals surface area contributed by atoms with E-state index in [0.29, 0.717) is 6.04 Å². The zero-order chi connectivity index (χ0) is 12.7. The van der Waals surface area contributed by atoms with E-state index < -0.39 is 0 Å². The van der Waals surface area contributed by atoms with Gasteiger partial charge in [-0.1, -0.05) is 12.1 Å². The van der Waals surface area contributed by atoms with E-state index in [1.54, 1.807) is 14.2 Å². The van der Waals surface area contributed by atoms with E-state index in [1.165, 1.54) is 11.1 Å². The van der Waals surface area contributed by atoms with Crippen LogP contribution in [0.2, 0.25) is 0 Å². The molecule has 1 aromatic carbocycles. The first-order valence-corrected chi connectivity index (χ1v) is 6.03. The monoisotopic (exact) mass is 237 g/mol. The van der Waals surface area contributed by atoms with Crippen molar-refractivity contribution in [3.8, 4) is 5.75 Å². The largest absolute Gasteiger partial charge is 0.496 e. The molecule has 0 amide bonds. The molecule has 3 heteroatoms. The highest BCUT2D eigenvalue weighted by atomic mass is 16.5. The molecule has 3 nitrogen and oxygen atoms in total. The zero-order valence-electron chi connectivity index (χ0n) is 11.2. The van der Waals surface area contributed by atoms with E-state index in [1.807, 2.05) is 7.05 Å². The summed E-state index contributed by atoms with van der Waals surface area (Å²) in [5.41, 5.74) is 2.44. The Bertz CT molecular complexity index is 339. The Morgan fingerprint density at radius 2 is 2.06 bits per heavy atom. The summed E-state index contributed by atoms with van der Waals surface area (Å²) in [6.45, 7) is 2.87. The number of rotatable bonds is 7. The van der Waals surface area contributed by atoms with Crippen molar-refractivity contribution in [3.63, 3.8) is 0 Å². The fraction of sp³-hybridized carbons (Fsp3) is 0.571. The molecule has 1 rings (SSSR count). The Morgan fingerprint density at radius 1 is 1.29 bits per heavy atom. The van der Waals surface area contributed by atoms with Crippen LogP contribution in [0.25, 0.3) is 0 Å².